The van der Waals surface area contributed by atoms with Crippen molar-refractivity contribution >= 4 is 35.1 Å². The summed E-state index contributed by atoms with van der Waals surface area (Å²) in [6.07, 6.45) is 3.42. The van der Waals surface area contributed by atoms with Crippen LogP contribution in [0.15, 0.2) is 54.3 Å². The lowest BCUT2D eigenvalue weighted by atomic mass is 10.3. The predicted octanol–water partition coefficient (Wildman–Crippen LogP) is 4.59. The van der Waals surface area contributed by atoms with Crippen LogP contribution in [0.2, 0.25) is 5.02 Å². The van der Waals surface area contributed by atoms with Crippen molar-refractivity contribution in [3.05, 3.63) is 60.0 Å². The maximum Gasteiger partial charge on any atom is 0.238 e. The Morgan fingerprint density at radius 2 is 2.00 bits per heavy atom. The molecule has 164 valence electrons. The monoisotopic (exact) mass is 460 g/mol. The first-order chi connectivity index (χ1) is 14.9. The fraction of sp³-hybridized carbons (Fsp3) is 0.333. The summed E-state index contributed by atoms with van der Waals surface area (Å²) in [4.78, 5) is 12.7. The molecule has 0 aliphatic carbocycles. The van der Waals surface area contributed by atoms with E-state index in [1.54, 1.807) is 47.3 Å². The van der Waals surface area contributed by atoms with E-state index < -0.39 is 5.25 Å². The van der Waals surface area contributed by atoms with Crippen molar-refractivity contribution in [3.8, 4) is 5.75 Å². The topological polar surface area (TPSA) is 86.9 Å². The van der Waals surface area contributed by atoms with Crippen LogP contribution in [-0.2, 0) is 17.9 Å². The Morgan fingerprint density at radius 3 is 2.68 bits per heavy atom. The summed E-state index contributed by atoms with van der Waals surface area (Å²) in [5.41, 5.74) is 0. The van der Waals surface area contributed by atoms with Crippen LogP contribution in [0.4, 0.5) is 5.82 Å². The van der Waals surface area contributed by atoms with Gasteiger partial charge >= 0.3 is 0 Å². The molecule has 0 fully saturated rings. The number of carbonyl (C=O) groups excluding carboxylic acids is 1. The highest BCUT2D eigenvalue weighted by atomic mass is 35.5. The number of halogens is 1. The Balaban J connectivity index is 1.67. The van der Waals surface area contributed by atoms with Gasteiger partial charge in [0.1, 0.15) is 18.2 Å². The second kappa shape index (κ2) is 10.5. The number of aromatic nitrogens is 5. The summed E-state index contributed by atoms with van der Waals surface area (Å²) in [5.74, 6) is 1.85. The highest BCUT2D eigenvalue weighted by Gasteiger charge is 2.21. The van der Waals surface area contributed by atoms with Crippen molar-refractivity contribution in [2.45, 2.75) is 50.4 Å². The molecule has 0 saturated carbocycles. The minimum atomic E-state index is -0.395. The predicted molar refractivity (Wildman–Crippen MR) is 123 cm³/mol. The van der Waals surface area contributed by atoms with Crippen LogP contribution in [0.25, 0.3) is 0 Å². The van der Waals surface area contributed by atoms with Gasteiger partial charge in [0.25, 0.3) is 0 Å². The van der Waals surface area contributed by atoms with Gasteiger partial charge in [-0.05, 0) is 45.0 Å². The summed E-state index contributed by atoms with van der Waals surface area (Å²) in [6, 6.07) is 9.03. The van der Waals surface area contributed by atoms with Crippen molar-refractivity contribution in [2.24, 2.45) is 0 Å². The molecule has 3 aromatic rings. The molecule has 0 aliphatic heterocycles. The standard InChI is InChI=1S/C21H25ClN6O2S/c1-5-12-27-19(13-30-17-8-6-16(22)7-9-17)25-26-21(27)31-15(4)20(29)24-18-10-11-23-28(18)14(2)3/h5-11,14-15H,1,12-13H2,2-4H3,(H,24,29). The zero-order chi connectivity index (χ0) is 22.4. The van der Waals surface area contributed by atoms with E-state index in [9.17, 15) is 4.79 Å². The number of benzene rings is 1. The van der Waals surface area contributed by atoms with Gasteiger partial charge in [0, 0.05) is 23.7 Å². The fourth-order valence-electron chi connectivity index (χ4n) is 2.77. The number of nitrogens with one attached hydrogen (secondary N) is 1. The van der Waals surface area contributed by atoms with Gasteiger partial charge in [-0.3, -0.25) is 9.36 Å². The maximum absolute atomic E-state index is 12.7. The molecule has 2 aromatic heterocycles. The van der Waals surface area contributed by atoms with Crippen LogP contribution in [0.3, 0.4) is 0 Å². The summed E-state index contributed by atoms with van der Waals surface area (Å²) in [5, 5.41) is 16.5. The Labute approximate surface area is 190 Å². The number of allylic oxidation sites excluding steroid dienone is 1. The molecule has 0 radical (unpaired) electrons. The molecule has 2 heterocycles. The van der Waals surface area contributed by atoms with E-state index in [1.807, 2.05) is 25.3 Å². The summed E-state index contributed by atoms with van der Waals surface area (Å²) >= 11 is 7.23. The number of carbonyl (C=O) groups is 1. The largest absolute Gasteiger partial charge is 0.486 e. The van der Waals surface area contributed by atoms with Gasteiger partial charge in [0.15, 0.2) is 11.0 Å². The fourth-order valence-corrected chi connectivity index (χ4v) is 3.77. The molecule has 0 aliphatic rings. The number of hydrogen-bond donors (Lipinski definition) is 1. The van der Waals surface area contributed by atoms with Crippen molar-refractivity contribution in [2.75, 3.05) is 5.32 Å². The van der Waals surface area contributed by atoms with Gasteiger partial charge in [-0.2, -0.15) is 5.10 Å². The van der Waals surface area contributed by atoms with Gasteiger partial charge in [0.05, 0.1) is 11.4 Å². The zero-order valence-corrected chi connectivity index (χ0v) is 19.2. The lowest BCUT2D eigenvalue weighted by Crippen LogP contribution is -2.25. The second-order valence-corrected chi connectivity index (χ2v) is 8.79. The SMILES string of the molecule is C=CCn1c(COc2ccc(Cl)cc2)nnc1SC(C)C(=O)Nc1ccnn1C(C)C. The van der Waals surface area contributed by atoms with E-state index in [2.05, 4.69) is 27.2 Å². The van der Waals surface area contributed by atoms with Crippen molar-refractivity contribution < 1.29 is 9.53 Å². The number of nitrogens with zero attached hydrogens (tertiary/aromatic N) is 5. The zero-order valence-electron chi connectivity index (χ0n) is 17.7. The van der Waals surface area contributed by atoms with Crippen LogP contribution in [-0.4, -0.2) is 35.7 Å². The van der Waals surface area contributed by atoms with Crippen molar-refractivity contribution in [3.63, 3.8) is 0 Å². The molecule has 0 bridgehead atoms. The Kier molecular flexibility index (Phi) is 7.75. The molecule has 31 heavy (non-hydrogen) atoms. The highest BCUT2D eigenvalue weighted by Crippen LogP contribution is 2.25. The van der Waals surface area contributed by atoms with Gasteiger partial charge in [-0.15, -0.1) is 16.8 Å². The van der Waals surface area contributed by atoms with E-state index in [4.69, 9.17) is 16.3 Å². The van der Waals surface area contributed by atoms with E-state index in [0.29, 0.717) is 34.1 Å². The van der Waals surface area contributed by atoms with Gasteiger partial charge in [-0.25, -0.2) is 4.68 Å². The van der Waals surface area contributed by atoms with E-state index in [0.717, 1.165) is 0 Å². The number of amides is 1. The van der Waals surface area contributed by atoms with E-state index in [1.165, 1.54) is 11.8 Å². The Bertz CT molecular complexity index is 1030. The molecule has 0 spiro atoms. The van der Waals surface area contributed by atoms with Gasteiger partial charge < -0.3 is 10.1 Å². The Hall–Kier alpha value is -2.78. The summed E-state index contributed by atoms with van der Waals surface area (Å²) < 4.78 is 9.44. The molecular formula is C21H25ClN6O2S. The highest BCUT2D eigenvalue weighted by molar-refractivity contribution is 8.00. The van der Waals surface area contributed by atoms with E-state index in [-0.39, 0.29) is 18.6 Å². The van der Waals surface area contributed by atoms with Crippen LogP contribution in [0, 0.1) is 0 Å². The number of hydrogen-bond acceptors (Lipinski definition) is 6. The molecule has 0 saturated heterocycles. The molecular weight excluding hydrogens is 436 g/mol. The van der Waals surface area contributed by atoms with Gasteiger partial charge in [0.2, 0.25) is 5.91 Å². The third-order valence-electron chi connectivity index (χ3n) is 4.35. The number of anilines is 1. The minimum Gasteiger partial charge on any atom is -0.486 e. The maximum atomic E-state index is 12.7. The molecule has 3 rings (SSSR count). The third-order valence-corrected chi connectivity index (χ3v) is 5.68. The first-order valence-corrected chi connectivity index (χ1v) is 11.1. The average molecular weight is 461 g/mol. The minimum absolute atomic E-state index is 0.139. The van der Waals surface area contributed by atoms with Crippen molar-refractivity contribution in [1.82, 2.24) is 24.5 Å². The average Bonchev–Trinajstić information content (AvgIpc) is 3.35. The number of ether oxygens (including phenoxy) is 1. The number of rotatable bonds is 10. The first-order valence-electron chi connectivity index (χ1n) is 9.81. The van der Waals surface area contributed by atoms with Crippen LogP contribution in [0.5, 0.6) is 5.75 Å². The van der Waals surface area contributed by atoms with Gasteiger partial charge in [-0.1, -0.05) is 29.4 Å². The summed E-state index contributed by atoms with van der Waals surface area (Å²) in [7, 11) is 0. The molecule has 1 N–H and O–H groups in total. The molecule has 1 atom stereocenters. The molecule has 10 heteroatoms. The summed E-state index contributed by atoms with van der Waals surface area (Å²) in [6.45, 7) is 10.4. The molecule has 1 unspecified atom stereocenters. The lowest BCUT2D eigenvalue weighted by Gasteiger charge is -2.15. The third kappa shape index (κ3) is 5.89. The number of thioether (sulfide) groups is 1. The Morgan fingerprint density at radius 1 is 1.26 bits per heavy atom. The molecule has 1 amide bonds. The molecule has 1 aromatic carbocycles. The van der Waals surface area contributed by atoms with Crippen molar-refractivity contribution in [1.29, 1.82) is 0 Å². The first kappa shape index (κ1) is 22.9. The lowest BCUT2D eigenvalue weighted by molar-refractivity contribution is -0.115. The van der Waals surface area contributed by atoms with Crippen LogP contribution >= 0.6 is 23.4 Å². The smallest absolute Gasteiger partial charge is 0.238 e. The van der Waals surface area contributed by atoms with Crippen LogP contribution in [0.1, 0.15) is 32.6 Å². The van der Waals surface area contributed by atoms with Crippen LogP contribution < -0.4 is 10.1 Å². The normalized spacial score (nSPS) is 12.0. The molecule has 8 nitrogen and oxygen atoms in total. The van der Waals surface area contributed by atoms with E-state index >= 15 is 0 Å². The quantitative estimate of drug-likeness (QED) is 0.351. The second-order valence-electron chi connectivity index (χ2n) is 7.04.